The fraction of sp³-hybridized carbons (Fsp3) is 0. The van der Waals surface area contributed by atoms with Gasteiger partial charge in [0.15, 0.2) is 0 Å². The van der Waals surface area contributed by atoms with Crippen molar-refractivity contribution in [3.8, 4) is 0 Å². The predicted octanol–water partition coefficient (Wildman–Crippen LogP) is 2.64. The van der Waals surface area contributed by atoms with E-state index in [2.05, 4.69) is 89.9 Å². The molecule has 1 N–H and O–H groups in total. The molecule has 1 nitrogen and oxygen atoms in total. The van der Waals surface area contributed by atoms with E-state index < -0.39 is 8.96 Å². The van der Waals surface area contributed by atoms with Gasteiger partial charge in [-0.2, -0.15) is 0 Å². The molecular formula is C18H17NSi. The Morgan fingerprint density at radius 1 is 0.500 bits per heavy atom. The van der Waals surface area contributed by atoms with E-state index in [0.29, 0.717) is 0 Å². The lowest BCUT2D eigenvalue weighted by Gasteiger charge is -2.19. The molecule has 0 saturated heterocycles. The van der Waals surface area contributed by atoms with Crippen molar-refractivity contribution in [2.45, 2.75) is 0 Å². The highest BCUT2D eigenvalue weighted by Gasteiger charge is 2.15. The van der Waals surface area contributed by atoms with Gasteiger partial charge in [0.25, 0.3) is 0 Å². The molecule has 20 heavy (non-hydrogen) atoms. The van der Waals surface area contributed by atoms with E-state index in [4.69, 9.17) is 0 Å². The first-order chi connectivity index (χ1) is 9.93. The molecule has 0 unspecified atom stereocenters. The first-order valence-corrected chi connectivity index (χ1v) is 8.58. The van der Waals surface area contributed by atoms with E-state index in [1.165, 1.54) is 16.1 Å². The first-order valence-electron chi connectivity index (χ1n) is 6.85. The number of anilines is 1. The number of nitrogens with one attached hydrogen (secondary N) is 1. The van der Waals surface area contributed by atoms with Crippen LogP contribution in [0.5, 0.6) is 0 Å². The van der Waals surface area contributed by atoms with Crippen molar-refractivity contribution in [1.82, 2.24) is 0 Å². The molecule has 0 heterocycles. The number of rotatable bonds is 4. The van der Waals surface area contributed by atoms with Gasteiger partial charge in [-0.15, -0.1) is 0 Å². The Kier molecular flexibility index (Phi) is 3.95. The van der Waals surface area contributed by atoms with Crippen LogP contribution in [-0.2, 0) is 0 Å². The highest BCUT2D eigenvalue weighted by atomic mass is 28.3. The van der Waals surface area contributed by atoms with Crippen molar-refractivity contribution in [2.24, 2.45) is 0 Å². The molecule has 98 valence electrons. The Hall–Kier alpha value is -2.32. The molecule has 0 amide bonds. The van der Waals surface area contributed by atoms with Gasteiger partial charge in [-0.1, -0.05) is 78.9 Å². The van der Waals surface area contributed by atoms with Gasteiger partial charge in [0.1, 0.15) is 0 Å². The number of benzene rings is 3. The van der Waals surface area contributed by atoms with Gasteiger partial charge < -0.3 is 4.98 Å². The molecule has 3 aromatic carbocycles. The van der Waals surface area contributed by atoms with E-state index in [-0.39, 0.29) is 0 Å². The second-order valence-corrected chi connectivity index (χ2v) is 7.25. The average molecular weight is 275 g/mol. The van der Waals surface area contributed by atoms with Crippen LogP contribution < -0.4 is 15.4 Å². The number of hydrogen-bond acceptors (Lipinski definition) is 1. The van der Waals surface area contributed by atoms with Crippen LogP contribution >= 0.6 is 0 Å². The largest absolute Gasteiger partial charge is 0.406 e. The van der Waals surface area contributed by atoms with Gasteiger partial charge in [-0.25, -0.2) is 0 Å². The Labute approximate surface area is 121 Å². The van der Waals surface area contributed by atoms with E-state index in [0.717, 1.165) is 0 Å². The molecule has 0 saturated carbocycles. The third-order valence-electron chi connectivity index (χ3n) is 3.35. The van der Waals surface area contributed by atoms with Crippen molar-refractivity contribution in [3.63, 3.8) is 0 Å². The molecule has 0 spiro atoms. The molecule has 0 bridgehead atoms. The van der Waals surface area contributed by atoms with Crippen LogP contribution in [0.2, 0.25) is 0 Å². The topological polar surface area (TPSA) is 12.0 Å². The Balaban J connectivity index is 1.96. The summed E-state index contributed by atoms with van der Waals surface area (Å²) in [5, 5.41) is 2.81. The van der Waals surface area contributed by atoms with Crippen LogP contribution in [0.25, 0.3) is 0 Å². The summed E-state index contributed by atoms with van der Waals surface area (Å²) in [7, 11) is -1.43. The lowest BCUT2D eigenvalue weighted by atomic mass is 10.3. The highest BCUT2D eigenvalue weighted by Crippen LogP contribution is 2.06. The Bertz CT molecular complexity index is 599. The minimum atomic E-state index is -1.43. The molecule has 2 heteroatoms. The Morgan fingerprint density at radius 3 is 1.35 bits per heavy atom. The predicted molar refractivity (Wildman–Crippen MR) is 89.4 cm³/mol. The zero-order valence-corrected chi connectivity index (χ0v) is 12.4. The van der Waals surface area contributed by atoms with E-state index in [1.807, 2.05) is 6.07 Å². The quantitative estimate of drug-likeness (QED) is 0.722. The van der Waals surface area contributed by atoms with Crippen LogP contribution in [-0.4, -0.2) is 8.96 Å². The minimum Gasteiger partial charge on any atom is -0.406 e. The summed E-state index contributed by atoms with van der Waals surface area (Å²) in [6, 6.07) is 32.0. The highest BCUT2D eigenvalue weighted by molar-refractivity contribution is 6.87. The maximum atomic E-state index is 3.75. The maximum Gasteiger partial charge on any atom is 0.201 e. The standard InChI is InChI=1S/C18H17NSi/c1-4-10-16(11-5-1)19-20(17-12-6-2-7-13-17)18-14-8-3-9-15-18/h1-15,19-20H. The monoisotopic (exact) mass is 275 g/mol. The second kappa shape index (κ2) is 6.22. The summed E-state index contributed by atoms with van der Waals surface area (Å²) in [6.07, 6.45) is 0. The smallest absolute Gasteiger partial charge is 0.201 e. The molecule has 0 atom stereocenters. The van der Waals surface area contributed by atoms with Gasteiger partial charge >= 0.3 is 0 Å². The van der Waals surface area contributed by atoms with Crippen molar-refractivity contribution >= 4 is 25.0 Å². The molecule has 0 aliphatic heterocycles. The zero-order valence-electron chi connectivity index (χ0n) is 11.2. The van der Waals surface area contributed by atoms with Crippen molar-refractivity contribution in [1.29, 1.82) is 0 Å². The third-order valence-corrected chi connectivity index (χ3v) is 6.08. The number of hydrogen-bond donors (Lipinski definition) is 1. The van der Waals surface area contributed by atoms with E-state index in [1.54, 1.807) is 0 Å². The Morgan fingerprint density at radius 2 is 0.900 bits per heavy atom. The molecule has 3 aromatic rings. The van der Waals surface area contributed by atoms with Crippen LogP contribution in [0, 0.1) is 0 Å². The second-order valence-electron chi connectivity index (χ2n) is 4.76. The van der Waals surface area contributed by atoms with Gasteiger partial charge in [0.2, 0.25) is 8.96 Å². The molecule has 0 aliphatic carbocycles. The minimum absolute atomic E-state index is 1.19. The molecule has 0 aromatic heterocycles. The summed E-state index contributed by atoms with van der Waals surface area (Å²) in [6.45, 7) is 0. The third kappa shape index (κ3) is 2.98. The lowest BCUT2D eigenvalue weighted by Crippen LogP contribution is -2.49. The molecule has 0 aliphatic rings. The van der Waals surface area contributed by atoms with E-state index in [9.17, 15) is 0 Å². The summed E-state index contributed by atoms with van der Waals surface area (Å²) < 4.78 is 0. The van der Waals surface area contributed by atoms with Gasteiger partial charge in [-0.3, -0.25) is 0 Å². The molecule has 3 rings (SSSR count). The fourth-order valence-corrected chi connectivity index (χ4v) is 4.81. The first kappa shape index (κ1) is 12.7. The molecular weight excluding hydrogens is 258 g/mol. The summed E-state index contributed by atoms with van der Waals surface area (Å²) in [5.41, 5.74) is 1.19. The lowest BCUT2D eigenvalue weighted by molar-refractivity contribution is 1.64. The van der Waals surface area contributed by atoms with Crippen molar-refractivity contribution < 1.29 is 0 Å². The van der Waals surface area contributed by atoms with Gasteiger partial charge in [-0.05, 0) is 22.5 Å². The van der Waals surface area contributed by atoms with Gasteiger partial charge in [0.05, 0.1) is 0 Å². The zero-order chi connectivity index (χ0) is 13.6. The fourth-order valence-electron chi connectivity index (χ4n) is 2.35. The average Bonchev–Trinajstić information content (AvgIpc) is 2.55. The van der Waals surface area contributed by atoms with Crippen LogP contribution in [0.15, 0.2) is 91.0 Å². The van der Waals surface area contributed by atoms with Gasteiger partial charge in [0, 0.05) is 5.69 Å². The normalized spacial score (nSPS) is 10.4. The molecule has 0 radical (unpaired) electrons. The number of para-hydroxylation sites is 1. The maximum absolute atomic E-state index is 3.75. The van der Waals surface area contributed by atoms with Crippen LogP contribution in [0.3, 0.4) is 0 Å². The summed E-state index contributed by atoms with van der Waals surface area (Å²) in [4.78, 5) is 3.75. The van der Waals surface area contributed by atoms with E-state index >= 15 is 0 Å². The van der Waals surface area contributed by atoms with Crippen LogP contribution in [0.1, 0.15) is 0 Å². The SMILES string of the molecule is c1ccc(N[SiH](c2ccccc2)c2ccccc2)cc1. The van der Waals surface area contributed by atoms with Crippen LogP contribution in [0.4, 0.5) is 5.69 Å². The van der Waals surface area contributed by atoms with Crippen molar-refractivity contribution in [2.75, 3.05) is 4.98 Å². The summed E-state index contributed by atoms with van der Waals surface area (Å²) in [5.74, 6) is 0. The van der Waals surface area contributed by atoms with Crippen molar-refractivity contribution in [3.05, 3.63) is 91.0 Å². The summed E-state index contributed by atoms with van der Waals surface area (Å²) >= 11 is 0. The molecule has 0 fully saturated rings.